The van der Waals surface area contributed by atoms with E-state index in [0.29, 0.717) is 47.2 Å². The van der Waals surface area contributed by atoms with E-state index in [2.05, 4.69) is 15.3 Å². The fraction of sp³-hybridized carbons (Fsp3) is 0.393. The molecule has 41 heavy (non-hydrogen) atoms. The lowest BCUT2D eigenvalue weighted by atomic mass is 9.73. The van der Waals surface area contributed by atoms with Gasteiger partial charge in [0, 0.05) is 43.0 Å². The van der Waals surface area contributed by atoms with Crippen LogP contribution in [0, 0.1) is 0 Å². The molecule has 1 fully saturated rings. The molecule has 0 atom stereocenters. The maximum Gasteiger partial charge on any atom is 0.410 e. The van der Waals surface area contributed by atoms with Crippen molar-refractivity contribution in [2.75, 3.05) is 24.1 Å². The van der Waals surface area contributed by atoms with Gasteiger partial charge in [0.15, 0.2) is 0 Å². The molecule has 214 valence electrons. The van der Waals surface area contributed by atoms with E-state index in [1.54, 1.807) is 15.6 Å². The molecule has 2 aliphatic heterocycles. The molecule has 0 bridgehead atoms. The summed E-state index contributed by atoms with van der Waals surface area (Å²) >= 11 is 1.34. The van der Waals surface area contributed by atoms with E-state index < -0.39 is 16.9 Å². The van der Waals surface area contributed by atoms with Crippen molar-refractivity contribution in [2.24, 2.45) is 0 Å². The third-order valence-corrected chi connectivity index (χ3v) is 8.48. The number of aromatic nitrogens is 4. The fourth-order valence-electron chi connectivity index (χ4n) is 5.41. The first-order valence-electron chi connectivity index (χ1n) is 13.2. The van der Waals surface area contributed by atoms with Gasteiger partial charge in [0.05, 0.1) is 22.9 Å². The van der Waals surface area contributed by atoms with E-state index in [9.17, 15) is 18.4 Å². The van der Waals surface area contributed by atoms with Crippen molar-refractivity contribution in [3.63, 3.8) is 0 Å². The molecular formula is C28H29F2N7O3S. The van der Waals surface area contributed by atoms with Crippen LogP contribution < -0.4 is 11.1 Å². The summed E-state index contributed by atoms with van der Waals surface area (Å²) in [7, 11) is 0. The van der Waals surface area contributed by atoms with Crippen molar-refractivity contribution in [1.82, 2.24) is 24.5 Å². The highest BCUT2D eigenvalue weighted by Crippen LogP contribution is 2.47. The average Bonchev–Trinajstić information content (AvgIpc) is 3.55. The molecule has 0 radical (unpaired) electrons. The number of hydrogen-bond donors (Lipinski definition) is 2. The van der Waals surface area contributed by atoms with Crippen molar-refractivity contribution < 1.29 is 23.1 Å². The standard InChI is InChI=1S/C28H29F2N7O3S/c1-26(2,3)40-25(39)36-9-7-28(8-10-36)17-11-15(5-6-19(17)34-23(28)38)22-35-37-20(14-33-24(37)41-22)16-12-18(27(4,29)30)21(31)32-13-16/h5-6,11-14H,7-10H2,1-4H3,(H2,31,32)(H,34,38). The molecule has 2 aliphatic rings. The second-order valence-corrected chi connectivity index (χ2v) is 12.5. The van der Waals surface area contributed by atoms with Crippen LogP contribution in [0.2, 0.25) is 0 Å². The normalized spacial score (nSPS) is 16.7. The first-order chi connectivity index (χ1) is 19.2. The molecule has 1 saturated heterocycles. The highest BCUT2D eigenvalue weighted by atomic mass is 32.1. The molecule has 1 aromatic carbocycles. The number of nitrogen functional groups attached to an aromatic ring is 1. The molecule has 3 N–H and O–H groups in total. The van der Waals surface area contributed by atoms with Crippen molar-refractivity contribution in [3.05, 3.63) is 47.8 Å². The summed E-state index contributed by atoms with van der Waals surface area (Å²) in [4.78, 5) is 36.5. The number of alkyl halides is 2. The molecule has 6 rings (SSSR count). The number of pyridine rings is 1. The topological polar surface area (TPSA) is 128 Å². The van der Waals surface area contributed by atoms with Gasteiger partial charge in [-0.3, -0.25) is 4.79 Å². The minimum atomic E-state index is -3.15. The Bertz CT molecular complexity index is 1690. The van der Waals surface area contributed by atoms with E-state index in [-0.39, 0.29) is 23.4 Å². The van der Waals surface area contributed by atoms with Crippen LogP contribution in [-0.2, 0) is 20.9 Å². The zero-order valence-corrected chi connectivity index (χ0v) is 23.8. The van der Waals surface area contributed by atoms with E-state index >= 15 is 0 Å². The molecule has 0 saturated carbocycles. The van der Waals surface area contributed by atoms with Gasteiger partial charge in [0.25, 0.3) is 5.92 Å². The average molecular weight is 582 g/mol. The number of benzene rings is 1. The van der Waals surface area contributed by atoms with Crippen molar-refractivity contribution in [2.45, 2.75) is 57.5 Å². The molecule has 4 aromatic rings. The van der Waals surface area contributed by atoms with Gasteiger partial charge >= 0.3 is 6.09 Å². The number of fused-ring (bicyclic) bond motifs is 3. The molecule has 0 unspecified atom stereocenters. The second kappa shape index (κ2) is 9.20. The number of amides is 2. The number of ether oxygens (including phenoxy) is 1. The minimum absolute atomic E-state index is 0.0795. The van der Waals surface area contributed by atoms with Crippen LogP contribution >= 0.6 is 11.3 Å². The number of halogens is 2. The lowest BCUT2D eigenvalue weighted by Gasteiger charge is -2.38. The van der Waals surface area contributed by atoms with Crippen molar-refractivity contribution in [3.8, 4) is 21.8 Å². The molecule has 13 heteroatoms. The van der Waals surface area contributed by atoms with Gasteiger partial charge in [0.2, 0.25) is 10.9 Å². The number of anilines is 2. The van der Waals surface area contributed by atoms with Crippen LogP contribution in [0.25, 0.3) is 26.8 Å². The Balaban J connectivity index is 1.31. The van der Waals surface area contributed by atoms with Gasteiger partial charge in [-0.15, -0.1) is 0 Å². The summed E-state index contributed by atoms with van der Waals surface area (Å²) in [5.41, 5.74) is 7.31. The molecule has 10 nitrogen and oxygen atoms in total. The van der Waals surface area contributed by atoms with Crippen LogP contribution in [-0.4, -0.2) is 55.2 Å². The Labute approximate surface area is 238 Å². The molecular weight excluding hydrogens is 552 g/mol. The monoisotopic (exact) mass is 581 g/mol. The highest BCUT2D eigenvalue weighted by Gasteiger charge is 2.49. The molecule has 5 heterocycles. The lowest BCUT2D eigenvalue weighted by molar-refractivity contribution is -0.122. The molecule has 1 spiro atoms. The molecule has 0 aliphatic carbocycles. The van der Waals surface area contributed by atoms with E-state index in [1.165, 1.54) is 23.6 Å². The third kappa shape index (κ3) is 4.67. The summed E-state index contributed by atoms with van der Waals surface area (Å²) in [6.07, 6.45) is 3.54. The summed E-state index contributed by atoms with van der Waals surface area (Å²) in [5.74, 6) is -3.46. The lowest BCUT2D eigenvalue weighted by Crippen LogP contribution is -2.49. The number of likely N-dealkylation sites (tertiary alicyclic amines) is 1. The molecule has 3 aromatic heterocycles. The van der Waals surface area contributed by atoms with Gasteiger partial charge in [-0.25, -0.2) is 28.1 Å². The van der Waals surface area contributed by atoms with Gasteiger partial charge in [-0.05, 0) is 63.4 Å². The Hall–Kier alpha value is -4.13. The predicted molar refractivity (Wildman–Crippen MR) is 151 cm³/mol. The molecule has 2 amide bonds. The van der Waals surface area contributed by atoms with Gasteiger partial charge in [-0.1, -0.05) is 11.3 Å². The number of hydrogen-bond acceptors (Lipinski definition) is 8. The summed E-state index contributed by atoms with van der Waals surface area (Å²) in [5, 5.41) is 8.39. The number of nitrogens with one attached hydrogen (secondary N) is 1. The Morgan fingerprint density at radius 1 is 1.10 bits per heavy atom. The summed E-state index contributed by atoms with van der Waals surface area (Å²) in [6, 6.07) is 7.02. The number of carbonyl (C=O) groups is 2. The number of piperidine rings is 1. The van der Waals surface area contributed by atoms with Crippen LogP contribution in [0.1, 0.15) is 51.7 Å². The van der Waals surface area contributed by atoms with Crippen LogP contribution in [0.5, 0.6) is 0 Å². The first-order valence-corrected chi connectivity index (χ1v) is 14.0. The SMILES string of the molecule is CC(C)(C)OC(=O)N1CCC2(CC1)C(=O)Nc1ccc(-c3nn4c(-c5cnc(N)c(C(C)(F)F)c5)cnc4s3)cc12. The number of rotatable bonds is 3. The second-order valence-electron chi connectivity index (χ2n) is 11.6. The number of imidazole rings is 1. The predicted octanol–water partition coefficient (Wildman–Crippen LogP) is 5.43. The largest absolute Gasteiger partial charge is 0.444 e. The van der Waals surface area contributed by atoms with E-state index in [4.69, 9.17) is 15.6 Å². The smallest absolute Gasteiger partial charge is 0.410 e. The maximum atomic E-state index is 14.1. The van der Waals surface area contributed by atoms with Gasteiger partial charge in [-0.2, -0.15) is 5.10 Å². The minimum Gasteiger partial charge on any atom is -0.444 e. The summed E-state index contributed by atoms with van der Waals surface area (Å²) in [6.45, 7) is 7.04. The van der Waals surface area contributed by atoms with Crippen LogP contribution in [0.3, 0.4) is 0 Å². The summed E-state index contributed by atoms with van der Waals surface area (Å²) < 4.78 is 35.3. The highest BCUT2D eigenvalue weighted by molar-refractivity contribution is 7.19. The van der Waals surface area contributed by atoms with E-state index in [1.807, 2.05) is 39.0 Å². The zero-order chi connectivity index (χ0) is 29.3. The number of carbonyl (C=O) groups excluding carboxylic acids is 2. The van der Waals surface area contributed by atoms with Crippen LogP contribution in [0.15, 0.2) is 36.7 Å². The third-order valence-electron chi connectivity index (χ3n) is 7.51. The van der Waals surface area contributed by atoms with Gasteiger partial charge < -0.3 is 20.7 Å². The van der Waals surface area contributed by atoms with Crippen LogP contribution in [0.4, 0.5) is 25.1 Å². The van der Waals surface area contributed by atoms with Crippen molar-refractivity contribution in [1.29, 1.82) is 0 Å². The quantitative estimate of drug-likeness (QED) is 0.330. The Kier molecular flexibility index (Phi) is 6.07. The van der Waals surface area contributed by atoms with Gasteiger partial charge in [0.1, 0.15) is 16.4 Å². The Morgan fingerprint density at radius 2 is 1.83 bits per heavy atom. The zero-order valence-electron chi connectivity index (χ0n) is 23.0. The number of nitrogens with zero attached hydrogens (tertiary/aromatic N) is 5. The first kappa shape index (κ1) is 27.1. The maximum absolute atomic E-state index is 14.1. The Morgan fingerprint density at radius 3 is 2.51 bits per heavy atom. The number of nitrogens with two attached hydrogens (primary N) is 1. The fourth-order valence-corrected chi connectivity index (χ4v) is 6.28. The van der Waals surface area contributed by atoms with E-state index in [0.717, 1.165) is 23.7 Å². The van der Waals surface area contributed by atoms with Crippen molar-refractivity contribution >= 4 is 39.8 Å².